The summed E-state index contributed by atoms with van der Waals surface area (Å²) in [6.07, 6.45) is 2.91. The van der Waals surface area contributed by atoms with Crippen LogP contribution in [0.15, 0.2) is 42.5 Å². The molecule has 0 spiro atoms. The fraction of sp³-hybridized carbons (Fsp3) is 0.300. The summed E-state index contributed by atoms with van der Waals surface area (Å²) in [5, 5.41) is 5.59. The number of carbonyl (C=O) groups excluding carboxylic acids is 2. The predicted molar refractivity (Wildman–Crippen MR) is 116 cm³/mol. The van der Waals surface area contributed by atoms with Crippen LogP contribution in [0.4, 0.5) is 11.4 Å². The number of sulfonamides is 1. The Morgan fingerprint density at radius 2 is 1.90 bits per heavy atom. The van der Waals surface area contributed by atoms with Crippen molar-refractivity contribution in [2.45, 2.75) is 18.9 Å². The van der Waals surface area contributed by atoms with Crippen LogP contribution in [-0.2, 0) is 14.8 Å². The van der Waals surface area contributed by atoms with Gasteiger partial charge in [0, 0.05) is 18.8 Å². The maximum atomic E-state index is 12.7. The van der Waals surface area contributed by atoms with Crippen LogP contribution >= 0.6 is 11.6 Å². The summed E-state index contributed by atoms with van der Waals surface area (Å²) < 4.78 is 30.5. The monoisotopic (exact) mass is 451 g/mol. The first-order chi connectivity index (χ1) is 14.2. The molecule has 2 amide bonds. The van der Waals surface area contributed by atoms with E-state index < -0.39 is 15.9 Å². The van der Waals surface area contributed by atoms with Crippen LogP contribution in [0.5, 0.6) is 0 Å². The number of hydrogen-bond acceptors (Lipinski definition) is 5. The molecule has 1 aliphatic rings. The highest BCUT2D eigenvalue weighted by Gasteiger charge is 2.19. The van der Waals surface area contributed by atoms with Crippen LogP contribution in [0, 0.1) is 0 Å². The van der Waals surface area contributed by atoms with E-state index in [1.165, 1.54) is 18.2 Å². The quantitative estimate of drug-likeness (QED) is 0.599. The highest BCUT2D eigenvalue weighted by atomic mass is 35.5. The summed E-state index contributed by atoms with van der Waals surface area (Å²) in [4.78, 5) is 25.3. The first-order valence-electron chi connectivity index (χ1n) is 9.30. The van der Waals surface area contributed by atoms with E-state index in [1.807, 2.05) is 0 Å². The number of halogens is 1. The Kier molecular flexibility index (Phi) is 6.96. The molecule has 1 fully saturated rings. The van der Waals surface area contributed by atoms with Gasteiger partial charge in [0.05, 0.1) is 34.2 Å². The maximum Gasteiger partial charge on any atom is 0.257 e. The van der Waals surface area contributed by atoms with Gasteiger partial charge in [-0.2, -0.15) is 0 Å². The van der Waals surface area contributed by atoms with Crippen LogP contribution in [0.2, 0.25) is 5.02 Å². The predicted octanol–water partition coefficient (Wildman–Crippen LogP) is 2.87. The van der Waals surface area contributed by atoms with Crippen molar-refractivity contribution in [2.24, 2.45) is 0 Å². The zero-order valence-corrected chi connectivity index (χ0v) is 17.8. The van der Waals surface area contributed by atoms with Gasteiger partial charge < -0.3 is 15.4 Å². The van der Waals surface area contributed by atoms with Crippen LogP contribution in [-0.4, -0.2) is 45.7 Å². The van der Waals surface area contributed by atoms with Crippen molar-refractivity contribution in [3.63, 3.8) is 0 Å². The summed E-state index contributed by atoms with van der Waals surface area (Å²) in [6.45, 7) is 1.11. The number of amides is 2. The summed E-state index contributed by atoms with van der Waals surface area (Å²) in [7, 11) is -3.47. The van der Waals surface area contributed by atoms with Gasteiger partial charge in [0.15, 0.2) is 0 Å². The number of anilines is 2. The Morgan fingerprint density at radius 3 is 2.57 bits per heavy atom. The van der Waals surface area contributed by atoms with Crippen LogP contribution < -0.4 is 15.4 Å². The molecule has 0 aliphatic carbocycles. The number of carbonyl (C=O) groups is 2. The standard InChI is InChI=1S/C20H22ClN3O5S/c1-30(27,28)24-13-8-9-15(17(21)11-13)20(26)23-18-7-3-2-6-16(18)19(25)22-12-14-5-4-10-29-14/h2-3,6-9,11,14,24H,4-5,10,12H2,1H3,(H,22,25)(H,23,26). The number of nitrogens with one attached hydrogen (secondary N) is 3. The first kappa shape index (κ1) is 22.1. The Balaban J connectivity index is 1.71. The van der Waals surface area contributed by atoms with Crippen molar-refractivity contribution in [3.8, 4) is 0 Å². The van der Waals surface area contributed by atoms with Gasteiger partial charge in [-0.05, 0) is 43.2 Å². The lowest BCUT2D eigenvalue weighted by Gasteiger charge is -2.14. The summed E-state index contributed by atoms with van der Waals surface area (Å²) in [6, 6.07) is 10.8. The van der Waals surface area contributed by atoms with E-state index in [1.54, 1.807) is 24.3 Å². The minimum Gasteiger partial charge on any atom is -0.376 e. The molecule has 1 atom stereocenters. The molecule has 0 bridgehead atoms. The molecule has 160 valence electrons. The van der Waals surface area contributed by atoms with Gasteiger partial charge in [-0.15, -0.1) is 0 Å². The molecule has 1 aliphatic heterocycles. The lowest BCUT2D eigenvalue weighted by Crippen LogP contribution is -2.32. The van der Waals surface area contributed by atoms with Gasteiger partial charge in [0.25, 0.3) is 11.8 Å². The van der Waals surface area contributed by atoms with E-state index in [0.29, 0.717) is 24.4 Å². The molecule has 2 aromatic carbocycles. The smallest absolute Gasteiger partial charge is 0.257 e. The van der Waals surface area contributed by atoms with Crippen molar-refractivity contribution in [1.82, 2.24) is 5.32 Å². The molecular formula is C20H22ClN3O5S. The molecule has 1 saturated heterocycles. The van der Waals surface area contributed by atoms with Crippen molar-refractivity contribution in [1.29, 1.82) is 0 Å². The summed E-state index contributed by atoms with van der Waals surface area (Å²) in [5.74, 6) is -0.842. The second-order valence-electron chi connectivity index (χ2n) is 6.91. The third-order valence-electron chi connectivity index (χ3n) is 4.45. The van der Waals surface area contributed by atoms with Crippen molar-refractivity contribution in [3.05, 3.63) is 58.6 Å². The number of para-hydroxylation sites is 1. The summed E-state index contributed by atoms with van der Waals surface area (Å²) >= 11 is 6.16. The lowest BCUT2D eigenvalue weighted by atomic mass is 10.1. The fourth-order valence-electron chi connectivity index (χ4n) is 3.06. The number of hydrogen-bond donors (Lipinski definition) is 3. The molecule has 0 aromatic heterocycles. The highest BCUT2D eigenvalue weighted by molar-refractivity contribution is 7.92. The molecule has 0 radical (unpaired) electrons. The van der Waals surface area contributed by atoms with E-state index in [4.69, 9.17) is 16.3 Å². The molecule has 3 N–H and O–H groups in total. The average Bonchev–Trinajstić information content (AvgIpc) is 3.19. The van der Waals surface area contributed by atoms with Gasteiger partial charge >= 0.3 is 0 Å². The number of benzene rings is 2. The molecule has 0 saturated carbocycles. The van der Waals surface area contributed by atoms with E-state index in [9.17, 15) is 18.0 Å². The van der Waals surface area contributed by atoms with Crippen molar-refractivity contribution < 1.29 is 22.7 Å². The van der Waals surface area contributed by atoms with E-state index in [-0.39, 0.29) is 28.3 Å². The Labute approximate surface area is 180 Å². The van der Waals surface area contributed by atoms with Gasteiger partial charge in [-0.25, -0.2) is 8.42 Å². The number of ether oxygens (including phenoxy) is 1. The molecule has 3 rings (SSSR count). The van der Waals surface area contributed by atoms with Gasteiger partial charge in [-0.1, -0.05) is 23.7 Å². The maximum absolute atomic E-state index is 12.7. The second kappa shape index (κ2) is 9.46. The minimum atomic E-state index is -3.47. The molecule has 1 heterocycles. The Morgan fingerprint density at radius 1 is 1.13 bits per heavy atom. The van der Waals surface area contributed by atoms with Crippen molar-refractivity contribution in [2.75, 3.05) is 29.4 Å². The number of rotatable bonds is 7. The van der Waals surface area contributed by atoms with Crippen molar-refractivity contribution >= 4 is 44.8 Å². The van der Waals surface area contributed by atoms with E-state index in [0.717, 1.165) is 19.1 Å². The zero-order valence-electron chi connectivity index (χ0n) is 16.3. The first-order valence-corrected chi connectivity index (χ1v) is 11.6. The van der Waals surface area contributed by atoms with Gasteiger partial charge in [-0.3, -0.25) is 14.3 Å². The Hall–Kier alpha value is -2.62. The Bertz CT molecular complexity index is 1050. The normalized spacial score (nSPS) is 16.1. The average molecular weight is 452 g/mol. The molecular weight excluding hydrogens is 430 g/mol. The van der Waals surface area contributed by atoms with Gasteiger partial charge in [0.2, 0.25) is 10.0 Å². The molecule has 8 nitrogen and oxygen atoms in total. The zero-order chi connectivity index (χ0) is 21.7. The molecule has 30 heavy (non-hydrogen) atoms. The lowest BCUT2D eigenvalue weighted by molar-refractivity contribution is 0.0858. The minimum absolute atomic E-state index is 0.00793. The van der Waals surface area contributed by atoms with Crippen LogP contribution in [0.3, 0.4) is 0 Å². The summed E-state index contributed by atoms with van der Waals surface area (Å²) in [5.41, 5.74) is 1.04. The van der Waals surface area contributed by atoms with E-state index >= 15 is 0 Å². The molecule has 2 aromatic rings. The second-order valence-corrected chi connectivity index (χ2v) is 9.07. The SMILES string of the molecule is CS(=O)(=O)Nc1ccc(C(=O)Nc2ccccc2C(=O)NCC2CCCO2)c(Cl)c1. The topological polar surface area (TPSA) is 114 Å². The fourth-order valence-corrected chi connectivity index (χ4v) is 3.89. The van der Waals surface area contributed by atoms with Gasteiger partial charge in [0.1, 0.15) is 0 Å². The molecule has 10 heteroatoms. The largest absolute Gasteiger partial charge is 0.376 e. The van der Waals surface area contributed by atoms with E-state index in [2.05, 4.69) is 15.4 Å². The third kappa shape index (κ3) is 5.94. The molecule has 1 unspecified atom stereocenters. The van der Waals surface area contributed by atoms with Crippen LogP contribution in [0.25, 0.3) is 0 Å². The third-order valence-corrected chi connectivity index (χ3v) is 5.37. The highest BCUT2D eigenvalue weighted by Crippen LogP contribution is 2.24. The van der Waals surface area contributed by atoms with Crippen LogP contribution in [0.1, 0.15) is 33.6 Å².